The molecular formula is C17H26ClN3O. The number of nitrogens with zero attached hydrogens (tertiary/aromatic N) is 2. The van der Waals surface area contributed by atoms with Gasteiger partial charge in [-0.1, -0.05) is 30.7 Å². The van der Waals surface area contributed by atoms with Crippen LogP contribution in [0.25, 0.3) is 0 Å². The molecule has 1 aromatic rings. The SMILES string of the molecule is CCN1CCN(CCC(=O)NCCc2ccc(Cl)cc2)CC1. The summed E-state index contributed by atoms with van der Waals surface area (Å²) in [7, 11) is 0. The zero-order valence-electron chi connectivity index (χ0n) is 13.4. The first-order valence-corrected chi connectivity index (χ1v) is 8.51. The van der Waals surface area contributed by atoms with E-state index in [1.165, 1.54) is 5.56 Å². The van der Waals surface area contributed by atoms with Gasteiger partial charge in [0.05, 0.1) is 0 Å². The lowest BCUT2D eigenvalue weighted by Gasteiger charge is -2.33. The molecule has 0 aliphatic carbocycles. The van der Waals surface area contributed by atoms with Crippen molar-refractivity contribution in [2.75, 3.05) is 45.8 Å². The highest BCUT2D eigenvalue weighted by Crippen LogP contribution is 2.09. The number of carbonyl (C=O) groups is 1. The number of carbonyl (C=O) groups excluding carboxylic acids is 1. The maximum atomic E-state index is 11.9. The van der Waals surface area contributed by atoms with Crippen LogP contribution in [0, 0.1) is 0 Å². The molecule has 1 aliphatic heterocycles. The molecule has 1 fully saturated rings. The summed E-state index contributed by atoms with van der Waals surface area (Å²) in [6.07, 6.45) is 1.44. The van der Waals surface area contributed by atoms with Crippen molar-refractivity contribution in [3.8, 4) is 0 Å². The predicted octanol–water partition coefficient (Wildman–Crippen LogP) is 2.03. The Labute approximate surface area is 138 Å². The third-order valence-corrected chi connectivity index (χ3v) is 4.47. The van der Waals surface area contributed by atoms with Crippen LogP contribution in [0.5, 0.6) is 0 Å². The molecule has 4 nitrogen and oxygen atoms in total. The molecule has 0 spiro atoms. The second-order valence-corrected chi connectivity index (χ2v) is 6.19. The Kier molecular flexibility index (Phi) is 7.16. The second-order valence-electron chi connectivity index (χ2n) is 5.75. The molecule has 5 heteroatoms. The number of hydrogen-bond acceptors (Lipinski definition) is 3. The number of rotatable bonds is 7. The molecule has 1 aromatic carbocycles. The Morgan fingerprint density at radius 1 is 1.14 bits per heavy atom. The van der Waals surface area contributed by atoms with E-state index in [0.717, 1.165) is 50.7 Å². The average Bonchev–Trinajstić information content (AvgIpc) is 2.55. The number of halogens is 1. The maximum Gasteiger partial charge on any atom is 0.221 e. The van der Waals surface area contributed by atoms with Gasteiger partial charge in [-0.15, -0.1) is 0 Å². The van der Waals surface area contributed by atoms with Crippen LogP contribution in [0.2, 0.25) is 5.02 Å². The fraction of sp³-hybridized carbons (Fsp3) is 0.588. The number of benzene rings is 1. The van der Waals surface area contributed by atoms with E-state index in [-0.39, 0.29) is 5.91 Å². The van der Waals surface area contributed by atoms with Crippen molar-refractivity contribution in [3.05, 3.63) is 34.9 Å². The third-order valence-electron chi connectivity index (χ3n) is 4.22. The Hall–Kier alpha value is -1.10. The molecule has 122 valence electrons. The second kappa shape index (κ2) is 9.13. The van der Waals surface area contributed by atoms with E-state index >= 15 is 0 Å². The first kappa shape index (κ1) is 17.3. The molecule has 22 heavy (non-hydrogen) atoms. The summed E-state index contributed by atoms with van der Waals surface area (Å²) >= 11 is 5.85. The Bertz CT molecular complexity index is 455. The van der Waals surface area contributed by atoms with Crippen LogP contribution >= 0.6 is 11.6 Å². The van der Waals surface area contributed by atoms with Crippen molar-refractivity contribution < 1.29 is 4.79 Å². The van der Waals surface area contributed by atoms with Crippen molar-refractivity contribution >= 4 is 17.5 Å². The molecule has 0 unspecified atom stereocenters. The molecule has 1 N–H and O–H groups in total. The Morgan fingerprint density at radius 2 is 1.77 bits per heavy atom. The lowest BCUT2D eigenvalue weighted by Crippen LogP contribution is -2.47. The summed E-state index contributed by atoms with van der Waals surface area (Å²) in [5.74, 6) is 0.145. The number of hydrogen-bond donors (Lipinski definition) is 1. The van der Waals surface area contributed by atoms with E-state index in [1.807, 2.05) is 24.3 Å². The standard InChI is InChI=1S/C17H26ClN3O/c1-2-20-11-13-21(14-12-20)10-8-17(22)19-9-7-15-3-5-16(18)6-4-15/h3-6H,2,7-14H2,1H3,(H,19,22). The van der Waals surface area contributed by atoms with E-state index in [0.29, 0.717) is 13.0 Å². The minimum Gasteiger partial charge on any atom is -0.356 e. The molecule has 0 atom stereocenters. The summed E-state index contributed by atoms with van der Waals surface area (Å²) in [5, 5.41) is 3.74. The number of likely N-dealkylation sites (N-methyl/N-ethyl adjacent to an activating group) is 1. The van der Waals surface area contributed by atoms with Crippen LogP contribution in [0.3, 0.4) is 0 Å². The number of piperazine rings is 1. The molecule has 1 amide bonds. The van der Waals surface area contributed by atoms with Gasteiger partial charge in [0, 0.05) is 50.7 Å². The topological polar surface area (TPSA) is 35.6 Å². The zero-order valence-corrected chi connectivity index (χ0v) is 14.1. The number of amides is 1. The molecule has 0 radical (unpaired) electrons. The summed E-state index contributed by atoms with van der Waals surface area (Å²) < 4.78 is 0. The van der Waals surface area contributed by atoms with Crippen LogP contribution in [0.4, 0.5) is 0 Å². The highest BCUT2D eigenvalue weighted by molar-refractivity contribution is 6.30. The summed E-state index contributed by atoms with van der Waals surface area (Å²) in [6, 6.07) is 7.77. The van der Waals surface area contributed by atoms with Crippen molar-refractivity contribution in [2.24, 2.45) is 0 Å². The number of nitrogens with one attached hydrogen (secondary N) is 1. The first-order chi connectivity index (χ1) is 10.7. The largest absolute Gasteiger partial charge is 0.356 e. The first-order valence-electron chi connectivity index (χ1n) is 8.13. The maximum absolute atomic E-state index is 11.9. The van der Waals surface area contributed by atoms with Gasteiger partial charge in [0.2, 0.25) is 5.91 Å². The molecule has 0 saturated carbocycles. The lowest BCUT2D eigenvalue weighted by atomic mass is 10.1. The van der Waals surface area contributed by atoms with E-state index < -0.39 is 0 Å². The molecule has 1 aliphatic rings. The highest BCUT2D eigenvalue weighted by atomic mass is 35.5. The Balaban J connectivity index is 1.57. The fourth-order valence-corrected chi connectivity index (χ4v) is 2.80. The summed E-state index contributed by atoms with van der Waals surface area (Å²) in [4.78, 5) is 16.7. The van der Waals surface area contributed by atoms with Crippen molar-refractivity contribution in [1.82, 2.24) is 15.1 Å². The lowest BCUT2D eigenvalue weighted by molar-refractivity contribution is -0.121. The Morgan fingerprint density at radius 3 is 2.41 bits per heavy atom. The predicted molar refractivity (Wildman–Crippen MR) is 91.3 cm³/mol. The van der Waals surface area contributed by atoms with E-state index in [9.17, 15) is 4.79 Å². The summed E-state index contributed by atoms with van der Waals surface area (Å²) in [6.45, 7) is 9.26. The molecule has 1 saturated heterocycles. The molecule has 2 rings (SSSR count). The fourth-order valence-electron chi connectivity index (χ4n) is 2.67. The summed E-state index contributed by atoms with van der Waals surface area (Å²) in [5.41, 5.74) is 1.19. The highest BCUT2D eigenvalue weighted by Gasteiger charge is 2.15. The van der Waals surface area contributed by atoms with Crippen LogP contribution in [0.15, 0.2) is 24.3 Å². The van der Waals surface area contributed by atoms with Gasteiger partial charge in [-0.3, -0.25) is 4.79 Å². The molecule has 1 heterocycles. The molecular weight excluding hydrogens is 298 g/mol. The van der Waals surface area contributed by atoms with Crippen molar-refractivity contribution in [3.63, 3.8) is 0 Å². The average molecular weight is 324 g/mol. The van der Waals surface area contributed by atoms with Crippen LogP contribution in [-0.4, -0.2) is 61.5 Å². The van der Waals surface area contributed by atoms with E-state index in [2.05, 4.69) is 22.0 Å². The third kappa shape index (κ3) is 5.95. The van der Waals surface area contributed by atoms with Gasteiger partial charge in [-0.05, 0) is 30.7 Å². The van der Waals surface area contributed by atoms with Crippen molar-refractivity contribution in [2.45, 2.75) is 19.8 Å². The van der Waals surface area contributed by atoms with E-state index in [1.54, 1.807) is 0 Å². The van der Waals surface area contributed by atoms with Crippen LogP contribution in [-0.2, 0) is 11.2 Å². The van der Waals surface area contributed by atoms with Gasteiger partial charge in [-0.2, -0.15) is 0 Å². The van der Waals surface area contributed by atoms with Gasteiger partial charge in [0.15, 0.2) is 0 Å². The van der Waals surface area contributed by atoms with Gasteiger partial charge in [0.1, 0.15) is 0 Å². The molecule has 0 bridgehead atoms. The van der Waals surface area contributed by atoms with Gasteiger partial charge < -0.3 is 15.1 Å². The normalized spacial score (nSPS) is 16.6. The minimum atomic E-state index is 0.145. The molecule has 0 aromatic heterocycles. The zero-order chi connectivity index (χ0) is 15.8. The van der Waals surface area contributed by atoms with Gasteiger partial charge in [0.25, 0.3) is 0 Å². The monoisotopic (exact) mass is 323 g/mol. The minimum absolute atomic E-state index is 0.145. The van der Waals surface area contributed by atoms with Gasteiger partial charge >= 0.3 is 0 Å². The smallest absolute Gasteiger partial charge is 0.221 e. The quantitative estimate of drug-likeness (QED) is 0.834. The van der Waals surface area contributed by atoms with E-state index in [4.69, 9.17) is 11.6 Å². The van der Waals surface area contributed by atoms with Crippen molar-refractivity contribution in [1.29, 1.82) is 0 Å². The van der Waals surface area contributed by atoms with Crippen LogP contribution < -0.4 is 5.32 Å². The van der Waals surface area contributed by atoms with Gasteiger partial charge in [-0.25, -0.2) is 0 Å². The van der Waals surface area contributed by atoms with Crippen LogP contribution in [0.1, 0.15) is 18.9 Å².